The van der Waals surface area contributed by atoms with Gasteiger partial charge in [-0.25, -0.2) is 4.79 Å². The Morgan fingerprint density at radius 3 is 1.91 bits per heavy atom. The third-order valence-corrected chi connectivity index (χ3v) is 5.81. The molecule has 0 aliphatic heterocycles. The zero-order valence-corrected chi connectivity index (χ0v) is 20.8. The van der Waals surface area contributed by atoms with E-state index >= 15 is 0 Å². The summed E-state index contributed by atoms with van der Waals surface area (Å²) in [4.78, 5) is 11.6. The van der Waals surface area contributed by atoms with Crippen LogP contribution in [0.3, 0.4) is 0 Å². The number of hydrogen-bond acceptors (Lipinski definition) is 5. The molecule has 0 aliphatic carbocycles. The molecule has 0 saturated heterocycles. The normalized spacial score (nSPS) is 12.2. The number of aliphatic hydroxyl groups excluding tert-OH is 2. The van der Waals surface area contributed by atoms with E-state index in [-0.39, 0.29) is 6.61 Å². The molecule has 3 N–H and O–H groups in total. The molecule has 33 heavy (non-hydrogen) atoms. The third kappa shape index (κ3) is 17.3. The van der Waals surface area contributed by atoms with Gasteiger partial charge in [-0.1, -0.05) is 103 Å². The summed E-state index contributed by atoms with van der Waals surface area (Å²) >= 11 is 0. The van der Waals surface area contributed by atoms with Crippen molar-refractivity contribution in [1.82, 2.24) is 0 Å². The van der Waals surface area contributed by atoms with E-state index in [1.54, 1.807) is 6.08 Å². The van der Waals surface area contributed by atoms with Gasteiger partial charge < -0.3 is 20.3 Å². The molecule has 0 aliphatic rings. The summed E-state index contributed by atoms with van der Waals surface area (Å²) in [6.45, 7) is 2.62. The maximum Gasteiger partial charge on any atom is 0.330 e. The fraction of sp³-hybridized carbons (Fsp3) is 0.679. The predicted molar refractivity (Wildman–Crippen MR) is 138 cm³/mol. The molecule has 0 heterocycles. The Kier molecular flexibility index (Phi) is 18.3. The van der Waals surface area contributed by atoms with Gasteiger partial charge in [0.1, 0.15) is 12.7 Å². The molecular formula is C28H47NO4. The highest BCUT2D eigenvalue weighted by Gasteiger charge is 2.04. The molecule has 5 nitrogen and oxygen atoms in total. The van der Waals surface area contributed by atoms with Crippen LogP contribution in [0.25, 0.3) is 6.08 Å². The molecule has 1 aromatic rings. The van der Waals surface area contributed by atoms with Crippen LogP contribution in [0.4, 0.5) is 5.69 Å². The average molecular weight is 462 g/mol. The van der Waals surface area contributed by atoms with Gasteiger partial charge in [-0.15, -0.1) is 0 Å². The van der Waals surface area contributed by atoms with Gasteiger partial charge in [-0.2, -0.15) is 0 Å². The molecule has 1 atom stereocenters. The Morgan fingerprint density at radius 1 is 0.879 bits per heavy atom. The van der Waals surface area contributed by atoms with Crippen LogP contribution in [-0.4, -0.2) is 42.0 Å². The minimum atomic E-state index is -1.03. The molecule has 0 spiro atoms. The number of benzene rings is 1. The molecule has 188 valence electrons. The van der Waals surface area contributed by atoms with Crippen LogP contribution in [0.1, 0.15) is 102 Å². The maximum atomic E-state index is 11.6. The molecular weight excluding hydrogens is 414 g/mol. The second-order valence-electron chi connectivity index (χ2n) is 8.94. The number of hydrogen-bond donors (Lipinski definition) is 3. The Labute approximate surface area is 201 Å². The third-order valence-electron chi connectivity index (χ3n) is 5.81. The van der Waals surface area contributed by atoms with Crippen LogP contribution in [0.5, 0.6) is 0 Å². The van der Waals surface area contributed by atoms with Gasteiger partial charge in [0.05, 0.1) is 6.61 Å². The number of ether oxygens (including phenoxy) is 1. The quantitative estimate of drug-likeness (QED) is 0.111. The minimum Gasteiger partial charge on any atom is -0.460 e. The van der Waals surface area contributed by atoms with E-state index < -0.39 is 18.7 Å². The first-order chi connectivity index (χ1) is 16.2. The summed E-state index contributed by atoms with van der Waals surface area (Å²) in [5.74, 6) is -0.539. The number of aliphatic hydroxyl groups is 2. The first-order valence-electron chi connectivity index (χ1n) is 13.1. The van der Waals surface area contributed by atoms with Crippen LogP contribution >= 0.6 is 0 Å². The molecule has 1 rings (SSSR count). The second kappa shape index (κ2) is 20.7. The summed E-state index contributed by atoms with van der Waals surface area (Å²) in [7, 11) is 0. The number of nitrogens with one attached hydrogen (secondary N) is 1. The first kappa shape index (κ1) is 29.2. The number of unbranched alkanes of at least 4 members (excludes halogenated alkanes) is 13. The maximum absolute atomic E-state index is 11.6. The summed E-state index contributed by atoms with van der Waals surface area (Å²) < 4.78 is 4.83. The molecule has 1 unspecified atom stereocenters. The van der Waals surface area contributed by atoms with Crippen molar-refractivity contribution in [2.75, 3.05) is 25.1 Å². The van der Waals surface area contributed by atoms with E-state index in [1.807, 2.05) is 24.3 Å². The Morgan fingerprint density at radius 2 is 1.39 bits per heavy atom. The number of carbonyl (C=O) groups excluding carboxylic acids is 1. The lowest BCUT2D eigenvalue weighted by atomic mass is 10.0. The number of esters is 1. The molecule has 0 bridgehead atoms. The lowest BCUT2D eigenvalue weighted by molar-refractivity contribution is -0.141. The largest absolute Gasteiger partial charge is 0.460 e. The summed E-state index contributed by atoms with van der Waals surface area (Å²) in [5.41, 5.74) is 1.98. The van der Waals surface area contributed by atoms with Gasteiger partial charge >= 0.3 is 5.97 Å². The molecule has 0 aromatic heterocycles. The molecule has 1 aromatic carbocycles. The van der Waals surface area contributed by atoms with Crippen LogP contribution in [0.2, 0.25) is 0 Å². The van der Waals surface area contributed by atoms with Crippen LogP contribution in [-0.2, 0) is 9.53 Å². The monoisotopic (exact) mass is 461 g/mol. The van der Waals surface area contributed by atoms with Gasteiger partial charge in [-0.05, 0) is 30.2 Å². The van der Waals surface area contributed by atoms with Gasteiger partial charge in [0, 0.05) is 18.3 Å². The highest BCUT2D eigenvalue weighted by atomic mass is 16.5. The second-order valence-corrected chi connectivity index (χ2v) is 8.94. The fourth-order valence-electron chi connectivity index (χ4n) is 3.71. The number of rotatable bonds is 21. The van der Waals surface area contributed by atoms with E-state index in [4.69, 9.17) is 14.9 Å². The van der Waals surface area contributed by atoms with Gasteiger partial charge in [0.2, 0.25) is 0 Å². The van der Waals surface area contributed by atoms with Crippen molar-refractivity contribution >= 4 is 17.7 Å². The van der Waals surface area contributed by atoms with E-state index in [2.05, 4.69) is 12.2 Å². The molecule has 0 radical (unpaired) electrons. The van der Waals surface area contributed by atoms with Crippen LogP contribution in [0, 0.1) is 0 Å². The predicted octanol–water partition coefficient (Wildman–Crippen LogP) is 6.49. The lowest BCUT2D eigenvalue weighted by Crippen LogP contribution is -2.21. The fourth-order valence-corrected chi connectivity index (χ4v) is 3.71. The van der Waals surface area contributed by atoms with Crippen molar-refractivity contribution in [3.8, 4) is 0 Å². The minimum absolute atomic E-state index is 0.207. The summed E-state index contributed by atoms with van der Waals surface area (Å²) in [6.07, 6.45) is 21.2. The molecule has 0 fully saturated rings. The highest BCUT2D eigenvalue weighted by Crippen LogP contribution is 2.14. The van der Waals surface area contributed by atoms with Crippen molar-refractivity contribution in [2.45, 2.75) is 103 Å². The van der Waals surface area contributed by atoms with Crippen molar-refractivity contribution in [2.24, 2.45) is 0 Å². The van der Waals surface area contributed by atoms with E-state index in [9.17, 15) is 4.79 Å². The van der Waals surface area contributed by atoms with Gasteiger partial charge in [0.25, 0.3) is 0 Å². The lowest BCUT2D eigenvalue weighted by Gasteiger charge is -2.07. The topological polar surface area (TPSA) is 78.8 Å². The smallest absolute Gasteiger partial charge is 0.330 e. The van der Waals surface area contributed by atoms with Gasteiger partial charge in [-0.3, -0.25) is 0 Å². The van der Waals surface area contributed by atoms with Crippen molar-refractivity contribution in [3.63, 3.8) is 0 Å². The Balaban J connectivity index is 1.98. The van der Waals surface area contributed by atoms with Crippen molar-refractivity contribution in [1.29, 1.82) is 0 Å². The van der Waals surface area contributed by atoms with Crippen molar-refractivity contribution < 1.29 is 19.7 Å². The number of anilines is 1. The molecule has 5 heteroatoms. The standard InChI is InChI=1S/C28H47NO4/c1-2-3-4-5-6-7-8-9-10-11-12-13-14-15-22-29-26-19-16-25(17-20-26)18-21-28(32)33-24-27(31)23-30/h16-21,27,29-31H,2-15,22-24H2,1H3. The average Bonchev–Trinajstić information content (AvgIpc) is 2.84. The zero-order chi connectivity index (χ0) is 24.0. The van der Waals surface area contributed by atoms with Crippen LogP contribution in [0.15, 0.2) is 30.3 Å². The van der Waals surface area contributed by atoms with E-state index in [0.717, 1.165) is 17.8 Å². The summed E-state index contributed by atoms with van der Waals surface area (Å²) in [5, 5.41) is 21.3. The van der Waals surface area contributed by atoms with E-state index in [0.29, 0.717) is 0 Å². The summed E-state index contributed by atoms with van der Waals surface area (Å²) in [6, 6.07) is 7.90. The highest BCUT2D eigenvalue weighted by molar-refractivity contribution is 5.87. The zero-order valence-electron chi connectivity index (χ0n) is 20.8. The van der Waals surface area contributed by atoms with Gasteiger partial charge in [0.15, 0.2) is 0 Å². The van der Waals surface area contributed by atoms with Crippen molar-refractivity contribution in [3.05, 3.63) is 35.9 Å². The van der Waals surface area contributed by atoms with E-state index in [1.165, 1.54) is 96.0 Å². The first-order valence-corrected chi connectivity index (χ1v) is 13.1. The Bertz CT molecular complexity index is 615. The molecule has 0 saturated carbocycles. The molecule has 0 amide bonds. The number of carbonyl (C=O) groups is 1. The Hall–Kier alpha value is -1.85. The SMILES string of the molecule is CCCCCCCCCCCCCCCCNc1ccc(C=CC(=O)OCC(O)CO)cc1. The van der Waals surface area contributed by atoms with Crippen LogP contribution < -0.4 is 5.32 Å².